The lowest BCUT2D eigenvalue weighted by Crippen LogP contribution is -2.29. The summed E-state index contributed by atoms with van der Waals surface area (Å²) < 4.78 is 27.5. The Kier molecular flexibility index (Phi) is 3.93. The second-order valence-electron chi connectivity index (χ2n) is 5.25. The molecular formula is C12H18N2O4S. The van der Waals surface area contributed by atoms with Gasteiger partial charge >= 0.3 is 0 Å². The first kappa shape index (κ1) is 14.0. The van der Waals surface area contributed by atoms with Crippen LogP contribution in [0, 0.1) is 5.92 Å². The van der Waals surface area contributed by atoms with E-state index in [1.54, 1.807) is 6.07 Å². The first-order chi connectivity index (χ1) is 8.87. The van der Waals surface area contributed by atoms with Gasteiger partial charge < -0.3 is 9.84 Å². The lowest BCUT2D eigenvalue weighted by molar-refractivity contribution is 0.0911. The van der Waals surface area contributed by atoms with Gasteiger partial charge in [0.25, 0.3) is 5.91 Å². The summed E-state index contributed by atoms with van der Waals surface area (Å²) in [6.45, 7) is 4.28. The summed E-state index contributed by atoms with van der Waals surface area (Å²) in [5, 5.41) is 6.50. The molecule has 1 fully saturated rings. The molecule has 1 amide bonds. The molecule has 1 aromatic rings. The molecule has 2 heterocycles. The quantitative estimate of drug-likeness (QED) is 0.890. The number of nitrogens with one attached hydrogen (secondary N) is 1. The third-order valence-corrected chi connectivity index (χ3v) is 5.06. The average molecular weight is 286 g/mol. The fraction of sp³-hybridized carbons (Fsp3) is 0.667. The third kappa shape index (κ3) is 3.56. The van der Waals surface area contributed by atoms with E-state index in [9.17, 15) is 13.2 Å². The number of hydrogen-bond acceptors (Lipinski definition) is 5. The van der Waals surface area contributed by atoms with E-state index in [1.165, 1.54) is 0 Å². The molecule has 1 atom stereocenters. The molecule has 1 N–H and O–H groups in total. The SMILES string of the molecule is CC(C)c1cc(C(=O)NCC2CCS(=O)(=O)C2)on1. The number of nitrogens with zero attached hydrogens (tertiary/aromatic N) is 1. The monoisotopic (exact) mass is 286 g/mol. The van der Waals surface area contributed by atoms with E-state index in [-0.39, 0.29) is 35.0 Å². The second-order valence-corrected chi connectivity index (χ2v) is 7.48. The highest BCUT2D eigenvalue weighted by atomic mass is 32.2. The summed E-state index contributed by atoms with van der Waals surface area (Å²) in [6, 6.07) is 1.62. The highest BCUT2D eigenvalue weighted by Gasteiger charge is 2.28. The van der Waals surface area contributed by atoms with Crippen LogP contribution >= 0.6 is 0 Å². The van der Waals surface area contributed by atoms with Crippen molar-refractivity contribution in [3.8, 4) is 0 Å². The molecule has 0 saturated carbocycles. The molecule has 7 heteroatoms. The van der Waals surface area contributed by atoms with Crippen molar-refractivity contribution >= 4 is 15.7 Å². The van der Waals surface area contributed by atoms with Crippen LogP contribution in [-0.4, -0.2) is 37.5 Å². The molecule has 0 radical (unpaired) electrons. The van der Waals surface area contributed by atoms with Gasteiger partial charge in [0, 0.05) is 12.6 Å². The van der Waals surface area contributed by atoms with Crippen LogP contribution in [0.1, 0.15) is 42.4 Å². The predicted octanol–water partition coefficient (Wildman–Crippen LogP) is 0.963. The van der Waals surface area contributed by atoms with Crippen molar-refractivity contribution < 1.29 is 17.7 Å². The highest BCUT2D eigenvalue weighted by molar-refractivity contribution is 7.91. The molecule has 106 valence electrons. The Morgan fingerprint density at radius 3 is 2.84 bits per heavy atom. The van der Waals surface area contributed by atoms with Gasteiger partial charge in [-0.1, -0.05) is 19.0 Å². The van der Waals surface area contributed by atoms with Crippen molar-refractivity contribution in [2.24, 2.45) is 5.92 Å². The molecular weight excluding hydrogens is 268 g/mol. The van der Waals surface area contributed by atoms with Crippen LogP contribution < -0.4 is 5.32 Å². The van der Waals surface area contributed by atoms with E-state index in [0.29, 0.717) is 13.0 Å². The minimum atomic E-state index is -2.90. The van der Waals surface area contributed by atoms with Crippen molar-refractivity contribution in [3.05, 3.63) is 17.5 Å². The van der Waals surface area contributed by atoms with Crippen molar-refractivity contribution in [2.45, 2.75) is 26.2 Å². The van der Waals surface area contributed by atoms with Gasteiger partial charge in [-0.25, -0.2) is 8.42 Å². The Morgan fingerprint density at radius 1 is 1.58 bits per heavy atom. The van der Waals surface area contributed by atoms with Crippen molar-refractivity contribution in [2.75, 3.05) is 18.1 Å². The van der Waals surface area contributed by atoms with Crippen molar-refractivity contribution in [1.29, 1.82) is 0 Å². The van der Waals surface area contributed by atoms with Gasteiger partial charge in [0.1, 0.15) is 0 Å². The maximum atomic E-state index is 11.8. The fourth-order valence-electron chi connectivity index (χ4n) is 2.03. The molecule has 2 rings (SSSR count). The Balaban J connectivity index is 1.87. The van der Waals surface area contributed by atoms with Gasteiger partial charge in [0.05, 0.1) is 17.2 Å². The van der Waals surface area contributed by atoms with Gasteiger partial charge in [-0.3, -0.25) is 4.79 Å². The third-order valence-electron chi connectivity index (χ3n) is 3.22. The minimum absolute atomic E-state index is 0.00133. The number of amides is 1. The minimum Gasteiger partial charge on any atom is -0.351 e. The molecule has 0 spiro atoms. The Hall–Kier alpha value is -1.37. The summed E-state index contributed by atoms with van der Waals surface area (Å²) in [5.74, 6) is 0.397. The van der Waals surface area contributed by atoms with Crippen LogP contribution in [0.4, 0.5) is 0 Å². The molecule has 6 nitrogen and oxygen atoms in total. The summed E-state index contributed by atoms with van der Waals surface area (Å²) in [5.41, 5.74) is 0.730. The van der Waals surface area contributed by atoms with Crippen LogP contribution in [-0.2, 0) is 9.84 Å². The molecule has 0 aliphatic carbocycles. The lowest BCUT2D eigenvalue weighted by Gasteiger charge is -2.07. The Labute approximate surface area is 112 Å². The van der Waals surface area contributed by atoms with E-state index in [1.807, 2.05) is 13.8 Å². The zero-order valence-electron chi connectivity index (χ0n) is 11.0. The molecule has 1 aromatic heterocycles. The van der Waals surface area contributed by atoms with Gasteiger partial charge in [-0.2, -0.15) is 0 Å². The fourth-order valence-corrected chi connectivity index (χ4v) is 3.89. The smallest absolute Gasteiger partial charge is 0.289 e. The first-order valence-electron chi connectivity index (χ1n) is 6.32. The maximum absolute atomic E-state index is 11.8. The summed E-state index contributed by atoms with van der Waals surface area (Å²) in [7, 11) is -2.90. The molecule has 0 aromatic carbocycles. The van der Waals surface area contributed by atoms with Crippen molar-refractivity contribution in [1.82, 2.24) is 10.5 Å². The molecule has 1 aliphatic heterocycles. The Morgan fingerprint density at radius 2 is 2.32 bits per heavy atom. The second kappa shape index (κ2) is 5.32. The Bertz CT molecular complexity index is 562. The van der Waals surface area contributed by atoms with E-state index < -0.39 is 9.84 Å². The van der Waals surface area contributed by atoms with Gasteiger partial charge in [0.15, 0.2) is 9.84 Å². The summed E-state index contributed by atoms with van der Waals surface area (Å²) in [6.07, 6.45) is 0.607. The molecule has 1 saturated heterocycles. The standard InChI is InChI=1S/C12H18N2O4S/c1-8(2)10-5-11(18-14-10)12(15)13-6-9-3-4-19(16,17)7-9/h5,8-9H,3-4,6-7H2,1-2H3,(H,13,15). The number of hydrogen-bond donors (Lipinski definition) is 1. The van der Waals surface area contributed by atoms with Crippen LogP contribution in [0.3, 0.4) is 0 Å². The zero-order chi connectivity index (χ0) is 14.0. The topological polar surface area (TPSA) is 89.3 Å². The van der Waals surface area contributed by atoms with Crippen LogP contribution in [0.15, 0.2) is 10.6 Å². The van der Waals surface area contributed by atoms with Crippen LogP contribution in [0.5, 0.6) is 0 Å². The van der Waals surface area contributed by atoms with Gasteiger partial charge in [-0.05, 0) is 18.3 Å². The first-order valence-corrected chi connectivity index (χ1v) is 8.15. The van der Waals surface area contributed by atoms with E-state index in [2.05, 4.69) is 10.5 Å². The molecule has 19 heavy (non-hydrogen) atoms. The number of aromatic nitrogens is 1. The maximum Gasteiger partial charge on any atom is 0.289 e. The number of carbonyl (C=O) groups excluding carboxylic acids is 1. The molecule has 1 aliphatic rings. The summed E-state index contributed by atoms with van der Waals surface area (Å²) >= 11 is 0. The van der Waals surface area contributed by atoms with E-state index in [4.69, 9.17) is 4.52 Å². The lowest BCUT2D eigenvalue weighted by atomic mass is 10.1. The normalized spacial score (nSPS) is 21.7. The van der Waals surface area contributed by atoms with Crippen LogP contribution in [0.2, 0.25) is 0 Å². The largest absolute Gasteiger partial charge is 0.351 e. The number of carbonyl (C=O) groups is 1. The number of rotatable bonds is 4. The molecule has 0 bridgehead atoms. The molecule has 1 unspecified atom stereocenters. The number of sulfone groups is 1. The van der Waals surface area contributed by atoms with Crippen LogP contribution in [0.25, 0.3) is 0 Å². The van der Waals surface area contributed by atoms with Crippen molar-refractivity contribution in [3.63, 3.8) is 0 Å². The average Bonchev–Trinajstić information content (AvgIpc) is 2.92. The van der Waals surface area contributed by atoms with Gasteiger partial charge in [0.2, 0.25) is 5.76 Å². The summed E-state index contributed by atoms with van der Waals surface area (Å²) in [4.78, 5) is 11.8. The highest BCUT2D eigenvalue weighted by Crippen LogP contribution is 2.18. The zero-order valence-corrected chi connectivity index (χ0v) is 11.9. The predicted molar refractivity (Wildman–Crippen MR) is 69.7 cm³/mol. The van der Waals surface area contributed by atoms with E-state index in [0.717, 1.165) is 5.69 Å². The van der Waals surface area contributed by atoms with Gasteiger partial charge in [-0.15, -0.1) is 0 Å². The van der Waals surface area contributed by atoms with E-state index >= 15 is 0 Å².